The summed E-state index contributed by atoms with van der Waals surface area (Å²) in [5.41, 5.74) is 0.427. The number of oxime groups is 1. The summed E-state index contributed by atoms with van der Waals surface area (Å²) >= 11 is 0. The van der Waals surface area contributed by atoms with E-state index in [9.17, 15) is 0 Å². The van der Waals surface area contributed by atoms with Gasteiger partial charge in [-0.3, -0.25) is 0 Å². The van der Waals surface area contributed by atoms with Gasteiger partial charge in [0.15, 0.2) is 0 Å². The van der Waals surface area contributed by atoms with Crippen molar-refractivity contribution in [2.24, 2.45) is 5.16 Å². The van der Waals surface area contributed by atoms with Crippen LogP contribution in [0.1, 0.15) is 12.6 Å². The Kier molecular flexibility index (Phi) is 2.48. The largest absolute Gasteiger partial charge is 0.464 e. The van der Waals surface area contributed by atoms with Crippen LogP contribution in [0.15, 0.2) is 15.7 Å². The summed E-state index contributed by atoms with van der Waals surface area (Å²) in [4.78, 5) is 0. The van der Waals surface area contributed by atoms with E-state index in [2.05, 4.69) is 14.8 Å². The Balaban J connectivity index is 2.65. The van der Waals surface area contributed by atoms with E-state index < -0.39 is 0 Å². The average Bonchev–Trinajstić information content (AvgIpc) is 2.38. The molecule has 0 aliphatic rings. The Morgan fingerprint density at radius 3 is 3.36 bits per heavy atom. The van der Waals surface area contributed by atoms with E-state index in [0.717, 1.165) is 6.21 Å². The summed E-state index contributed by atoms with van der Waals surface area (Å²) in [5, 5.41) is 14.4. The fourth-order valence-electron chi connectivity index (χ4n) is 0.601. The molecule has 0 aliphatic carbocycles. The first-order chi connectivity index (χ1) is 5.36. The Morgan fingerprint density at radius 1 is 1.91 bits per heavy atom. The van der Waals surface area contributed by atoms with Crippen molar-refractivity contribution >= 4 is 6.21 Å². The van der Waals surface area contributed by atoms with E-state index >= 15 is 0 Å². The second-order valence-electron chi connectivity index (χ2n) is 1.75. The van der Waals surface area contributed by atoms with Gasteiger partial charge in [0.25, 0.3) is 0 Å². The van der Waals surface area contributed by atoms with E-state index in [1.54, 1.807) is 0 Å². The van der Waals surface area contributed by atoms with Gasteiger partial charge < -0.3 is 14.5 Å². The SMILES string of the molecule is CCOc1cc(/C=N/O)no1. The van der Waals surface area contributed by atoms with Gasteiger partial charge in [-0.05, 0) is 6.92 Å². The second-order valence-corrected chi connectivity index (χ2v) is 1.75. The first-order valence-corrected chi connectivity index (χ1v) is 3.13. The fraction of sp³-hybridized carbons (Fsp3) is 0.333. The van der Waals surface area contributed by atoms with Crippen LogP contribution in [0.5, 0.6) is 5.95 Å². The van der Waals surface area contributed by atoms with Gasteiger partial charge in [-0.2, -0.15) is 0 Å². The van der Waals surface area contributed by atoms with Crippen LogP contribution in [0.2, 0.25) is 0 Å². The Bertz CT molecular complexity index is 244. The molecular formula is C6H8N2O3. The number of hydrogen-bond donors (Lipinski definition) is 1. The molecule has 0 unspecified atom stereocenters. The molecule has 1 N–H and O–H groups in total. The van der Waals surface area contributed by atoms with E-state index in [0.29, 0.717) is 18.2 Å². The van der Waals surface area contributed by atoms with E-state index in [4.69, 9.17) is 9.94 Å². The second kappa shape index (κ2) is 3.60. The number of aromatic nitrogens is 1. The third-order valence-corrected chi connectivity index (χ3v) is 0.983. The summed E-state index contributed by atoms with van der Waals surface area (Å²) in [6.45, 7) is 2.35. The average molecular weight is 156 g/mol. The number of hydrogen-bond acceptors (Lipinski definition) is 5. The lowest BCUT2D eigenvalue weighted by atomic mass is 10.5. The normalized spacial score (nSPS) is 10.6. The molecule has 0 saturated carbocycles. The minimum absolute atomic E-state index is 0.322. The van der Waals surface area contributed by atoms with Crippen LogP contribution in [0.25, 0.3) is 0 Å². The van der Waals surface area contributed by atoms with Gasteiger partial charge in [0.05, 0.1) is 18.9 Å². The zero-order valence-electron chi connectivity index (χ0n) is 6.02. The molecule has 0 bridgehead atoms. The number of ether oxygens (including phenoxy) is 1. The van der Waals surface area contributed by atoms with Gasteiger partial charge in [-0.1, -0.05) is 10.3 Å². The summed E-state index contributed by atoms with van der Waals surface area (Å²) in [5.74, 6) is 0.322. The maximum atomic E-state index is 8.11. The van der Waals surface area contributed by atoms with E-state index in [-0.39, 0.29) is 0 Å². The van der Waals surface area contributed by atoms with Gasteiger partial charge in [-0.15, -0.1) is 0 Å². The van der Waals surface area contributed by atoms with Crippen LogP contribution in [0.4, 0.5) is 0 Å². The molecule has 1 rings (SSSR count). The van der Waals surface area contributed by atoms with E-state index in [1.807, 2.05) is 6.92 Å². The molecule has 0 aromatic carbocycles. The lowest BCUT2D eigenvalue weighted by Crippen LogP contribution is -1.88. The molecule has 0 radical (unpaired) electrons. The first kappa shape index (κ1) is 7.59. The maximum Gasteiger partial charge on any atom is 0.311 e. The molecule has 1 aromatic rings. The number of rotatable bonds is 3. The van der Waals surface area contributed by atoms with E-state index in [1.165, 1.54) is 6.07 Å². The molecule has 5 heteroatoms. The molecule has 1 heterocycles. The van der Waals surface area contributed by atoms with Gasteiger partial charge in [-0.25, -0.2) is 0 Å². The zero-order valence-corrected chi connectivity index (χ0v) is 6.02. The van der Waals surface area contributed by atoms with Crippen molar-refractivity contribution in [1.29, 1.82) is 0 Å². The molecule has 1 aromatic heterocycles. The minimum atomic E-state index is 0.322. The van der Waals surface area contributed by atoms with Crippen molar-refractivity contribution in [1.82, 2.24) is 5.16 Å². The van der Waals surface area contributed by atoms with Gasteiger partial charge in [0.2, 0.25) is 0 Å². The van der Waals surface area contributed by atoms with Crippen LogP contribution in [0.3, 0.4) is 0 Å². The molecule has 5 nitrogen and oxygen atoms in total. The standard InChI is InChI=1S/C6H8N2O3/c1-2-10-6-3-5(4-7-9)8-11-6/h3-4,9H,2H2,1H3/b7-4+. The van der Waals surface area contributed by atoms with Crippen molar-refractivity contribution < 1.29 is 14.5 Å². The van der Waals surface area contributed by atoms with Crippen LogP contribution in [0, 0.1) is 0 Å². The van der Waals surface area contributed by atoms with Crippen LogP contribution < -0.4 is 4.74 Å². The molecule has 0 aliphatic heterocycles. The highest BCUT2D eigenvalue weighted by Gasteiger charge is 2.00. The van der Waals surface area contributed by atoms with Crippen molar-refractivity contribution in [2.45, 2.75) is 6.92 Å². The first-order valence-electron chi connectivity index (χ1n) is 3.13. The predicted octanol–water partition coefficient (Wildman–Crippen LogP) is 0.881. The number of nitrogens with zero attached hydrogens (tertiary/aromatic N) is 2. The monoisotopic (exact) mass is 156 g/mol. The summed E-state index contributed by atoms with van der Waals surface area (Å²) in [6, 6.07) is 1.53. The highest BCUT2D eigenvalue weighted by Crippen LogP contribution is 2.10. The van der Waals surface area contributed by atoms with Crippen LogP contribution in [-0.4, -0.2) is 23.2 Å². The van der Waals surface area contributed by atoms with Gasteiger partial charge in [0.1, 0.15) is 5.69 Å². The smallest absolute Gasteiger partial charge is 0.311 e. The van der Waals surface area contributed by atoms with Crippen LogP contribution in [-0.2, 0) is 0 Å². The molecule has 0 spiro atoms. The Hall–Kier alpha value is -1.52. The molecule has 0 fully saturated rings. The van der Waals surface area contributed by atoms with Crippen molar-refractivity contribution in [3.05, 3.63) is 11.8 Å². The lowest BCUT2D eigenvalue weighted by molar-refractivity contribution is 0.225. The molecule has 11 heavy (non-hydrogen) atoms. The Labute approximate surface area is 63.2 Å². The third kappa shape index (κ3) is 1.96. The zero-order chi connectivity index (χ0) is 8.10. The Morgan fingerprint density at radius 2 is 2.73 bits per heavy atom. The van der Waals surface area contributed by atoms with Crippen molar-refractivity contribution in [2.75, 3.05) is 6.61 Å². The molecule has 0 amide bonds. The van der Waals surface area contributed by atoms with Gasteiger partial charge in [0, 0.05) is 0 Å². The quantitative estimate of drug-likeness (QED) is 0.400. The highest BCUT2D eigenvalue weighted by molar-refractivity contribution is 5.76. The third-order valence-electron chi connectivity index (χ3n) is 0.983. The highest BCUT2D eigenvalue weighted by atomic mass is 16.6. The summed E-state index contributed by atoms with van der Waals surface area (Å²) < 4.78 is 9.64. The van der Waals surface area contributed by atoms with Gasteiger partial charge >= 0.3 is 5.95 Å². The van der Waals surface area contributed by atoms with Crippen molar-refractivity contribution in [3.8, 4) is 5.95 Å². The predicted molar refractivity (Wildman–Crippen MR) is 37.1 cm³/mol. The summed E-state index contributed by atoms with van der Waals surface area (Å²) in [6.07, 6.45) is 1.16. The molecule has 0 saturated heterocycles. The lowest BCUT2D eigenvalue weighted by Gasteiger charge is -1.91. The summed E-state index contributed by atoms with van der Waals surface area (Å²) in [7, 11) is 0. The van der Waals surface area contributed by atoms with Crippen molar-refractivity contribution in [3.63, 3.8) is 0 Å². The maximum absolute atomic E-state index is 8.11. The minimum Gasteiger partial charge on any atom is -0.464 e. The molecule has 0 atom stereocenters. The fourth-order valence-corrected chi connectivity index (χ4v) is 0.601. The topological polar surface area (TPSA) is 67.8 Å². The molecule has 60 valence electrons. The van der Waals surface area contributed by atoms with Crippen LogP contribution >= 0.6 is 0 Å². The molecular weight excluding hydrogens is 148 g/mol.